The van der Waals surface area contributed by atoms with Crippen LogP contribution in [-0.4, -0.2) is 52.6 Å². The molecule has 30 heavy (non-hydrogen) atoms. The predicted molar refractivity (Wildman–Crippen MR) is 120 cm³/mol. The number of carbonyl (C=O) groups is 2. The maximum Gasteiger partial charge on any atom is 0.286 e. The molecule has 162 valence electrons. The lowest BCUT2D eigenvalue weighted by Crippen LogP contribution is -2.34. The van der Waals surface area contributed by atoms with E-state index in [1.807, 2.05) is 0 Å². The number of anilines is 1. The van der Waals surface area contributed by atoms with Crippen LogP contribution in [0.5, 0.6) is 0 Å². The van der Waals surface area contributed by atoms with Crippen molar-refractivity contribution in [3.8, 4) is 0 Å². The zero-order chi connectivity index (χ0) is 21.3. The molecule has 1 unspecified atom stereocenters. The molecule has 0 bridgehead atoms. The molecule has 1 aliphatic heterocycles. The fraction of sp³-hybridized carbons (Fsp3) is 0.524. The Labute approximate surface area is 186 Å². The van der Waals surface area contributed by atoms with E-state index in [1.165, 1.54) is 37.3 Å². The molecule has 2 heterocycles. The van der Waals surface area contributed by atoms with Crippen LogP contribution in [0.15, 0.2) is 24.3 Å². The Morgan fingerprint density at radius 1 is 1.27 bits per heavy atom. The number of amides is 2. The average molecular weight is 450 g/mol. The normalized spacial score (nSPS) is 15.1. The monoisotopic (exact) mass is 449 g/mol. The van der Waals surface area contributed by atoms with Crippen molar-refractivity contribution in [2.45, 2.75) is 51.5 Å². The summed E-state index contributed by atoms with van der Waals surface area (Å²) >= 11 is 7.17. The maximum absolute atomic E-state index is 12.3. The van der Waals surface area contributed by atoms with Gasteiger partial charge in [0.05, 0.1) is 0 Å². The van der Waals surface area contributed by atoms with E-state index in [9.17, 15) is 9.59 Å². The van der Waals surface area contributed by atoms with Crippen molar-refractivity contribution in [3.05, 3.63) is 39.3 Å². The lowest BCUT2D eigenvalue weighted by Gasteiger charge is -2.23. The van der Waals surface area contributed by atoms with Crippen LogP contribution in [0.1, 0.15) is 53.8 Å². The van der Waals surface area contributed by atoms with Crippen molar-refractivity contribution in [1.29, 1.82) is 0 Å². The molecule has 1 aromatic carbocycles. The molecule has 1 fully saturated rings. The van der Waals surface area contributed by atoms with Crippen LogP contribution >= 0.6 is 22.9 Å². The van der Waals surface area contributed by atoms with E-state index < -0.39 is 0 Å². The van der Waals surface area contributed by atoms with Crippen LogP contribution in [0.3, 0.4) is 0 Å². The number of carbonyl (C=O) groups excluding carboxylic acids is 2. The number of benzene rings is 1. The van der Waals surface area contributed by atoms with E-state index in [1.54, 1.807) is 24.3 Å². The fourth-order valence-corrected chi connectivity index (χ4v) is 4.44. The molecule has 2 N–H and O–H groups in total. The summed E-state index contributed by atoms with van der Waals surface area (Å²) in [6, 6.07) is 7.46. The fourth-order valence-electron chi connectivity index (χ4n) is 3.47. The second-order valence-corrected chi connectivity index (χ2v) is 9.05. The van der Waals surface area contributed by atoms with E-state index in [0.717, 1.165) is 11.4 Å². The third kappa shape index (κ3) is 7.04. The van der Waals surface area contributed by atoms with Crippen molar-refractivity contribution < 1.29 is 9.59 Å². The highest BCUT2D eigenvalue weighted by atomic mass is 35.5. The van der Waals surface area contributed by atoms with Gasteiger partial charge < -0.3 is 15.5 Å². The van der Waals surface area contributed by atoms with Gasteiger partial charge in [0, 0.05) is 36.1 Å². The zero-order valence-electron chi connectivity index (χ0n) is 17.2. The van der Waals surface area contributed by atoms with E-state index in [0.29, 0.717) is 47.6 Å². The average Bonchev–Trinajstić information content (AvgIpc) is 3.40. The lowest BCUT2D eigenvalue weighted by molar-refractivity contribution is -0.121. The predicted octanol–water partition coefficient (Wildman–Crippen LogP) is 3.76. The molecule has 0 spiro atoms. The minimum atomic E-state index is -0.314. The van der Waals surface area contributed by atoms with Gasteiger partial charge in [0.1, 0.15) is 5.01 Å². The summed E-state index contributed by atoms with van der Waals surface area (Å²) in [5.74, 6) is -0.252. The first-order chi connectivity index (χ1) is 14.5. The van der Waals surface area contributed by atoms with Gasteiger partial charge in [0.15, 0.2) is 0 Å². The van der Waals surface area contributed by atoms with Gasteiger partial charge in [-0.1, -0.05) is 29.0 Å². The Balaban J connectivity index is 1.33. The van der Waals surface area contributed by atoms with Crippen LogP contribution in [-0.2, 0) is 11.2 Å². The van der Waals surface area contributed by atoms with Crippen LogP contribution in [0.25, 0.3) is 0 Å². The zero-order valence-corrected chi connectivity index (χ0v) is 18.8. The third-order valence-corrected chi connectivity index (χ3v) is 6.40. The second kappa shape index (κ2) is 11.4. The molecular formula is C21H28ClN5O2S. The molecule has 7 nitrogen and oxygen atoms in total. The van der Waals surface area contributed by atoms with Gasteiger partial charge in [0.25, 0.3) is 5.91 Å². The lowest BCUT2D eigenvalue weighted by atomic mass is 10.2. The van der Waals surface area contributed by atoms with E-state index in [2.05, 4.69) is 32.7 Å². The minimum absolute atomic E-state index is 0.0621. The number of rotatable bonds is 10. The summed E-state index contributed by atoms with van der Waals surface area (Å²) in [5.41, 5.74) is 0.611. The summed E-state index contributed by atoms with van der Waals surface area (Å²) in [6.45, 7) is 5.29. The van der Waals surface area contributed by atoms with Gasteiger partial charge in [-0.2, -0.15) is 0 Å². The van der Waals surface area contributed by atoms with E-state index in [-0.39, 0.29) is 11.8 Å². The molecule has 1 saturated heterocycles. The molecule has 0 radical (unpaired) electrons. The van der Waals surface area contributed by atoms with Gasteiger partial charge in [-0.15, -0.1) is 10.2 Å². The molecule has 0 saturated carbocycles. The number of aromatic nitrogens is 2. The summed E-state index contributed by atoms with van der Waals surface area (Å²) in [5, 5.41) is 15.4. The Morgan fingerprint density at radius 2 is 2.07 bits per heavy atom. The number of hydrogen-bond donors (Lipinski definition) is 2. The van der Waals surface area contributed by atoms with Gasteiger partial charge in [0.2, 0.25) is 10.9 Å². The number of hydrogen-bond acceptors (Lipinski definition) is 6. The van der Waals surface area contributed by atoms with Gasteiger partial charge >= 0.3 is 0 Å². The smallest absolute Gasteiger partial charge is 0.286 e. The summed E-state index contributed by atoms with van der Waals surface area (Å²) in [7, 11) is 0. The Morgan fingerprint density at radius 3 is 2.83 bits per heavy atom. The van der Waals surface area contributed by atoms with Crippen LogP contribution < -0.4 is 10.6 Å². The standard InChI is InChI=1S/C21H28ClN5O2S/c1-15(27-12-2-3-13-27)10-11-23-18(28)8-5-9-19-25-26-21(30-19)20(29)24-17-7-4-6-16(22)14-17/h4,6-7,14-15H,2-3,5,8-13H2,1H3,(H,23,28)(H,24,29). The SMILES string of the molecule is CC(CCNC(=O)CCCc1nnc(C(=O)Nc2cccc(Cl)c2)s1)N1CCCC1. The summed E-state index contributed by atoms with van der Waals surface area (Å²) < 4.78 is 0. The Bertz CT molecular complexity index is 853. The van der Waals surface area contributed by atoms with Crippen molar-refractivity contribution >= 4 is 40.4 Å². The van der Waals surface area contributed by atoms with Gasteiger partial charge in [-0.05, 0) is 63.9 Å². The highest BCUT2D eigenvalue weighted by Crippen LogP contribution is 2.18. The van der Waals surface area contributed by atoms with Crippen LogP contribution in [0.4, 0.5) is 5.69 Å². The number of nitrogens with one attached hydrogen (secondary N) is 2. The van der Waals surface area contributed by atoms with Gasteiger partial charge in [-0.3, -0.25) is 9.59 Å². The first kappa shape index (κ1) is 22.7. The van der Waals surface area contributed by atoms with Crippen molar-refractivity contribution in [2.24, 2.45) is 0 Å². The number of likely N-dealkylation sites (tertiary alicyclic amines) is 1. The number of halogens is 1. The number of nitrogens with zero attached hydrogens (tertiary/aromatic N) is 3. The molecule has 3 rings (SSSR count). The molecular weight excluding hydrogens is 422 g/mol. The first-order valence-corrected chi connectivity index (χ1v) is 11.6. The van der Waals surface area contributed by atoms with Gasteiger partial charge in [-0.25, -0.2) is 0 Å². The molecule has 1 aromatic heterocycles. The van der Waals surface area contributed by atoms with Crippen molar-refractivity contribution in [1.82, 2.24) is 20.4 Å². The van der Waals surface area contributed by atoms with Crippen molar-refractivity contribution in [2.75, 3.05) is 25.0 Å². The number of aryl methyl sites for hydroxylation is 1. The summed E-state index contributed by atoms with van der Waals surface area (Å²) in [6.07, 6.45) is 5.30. The second-order valence-electron chi connectivity index (χ2n) is 7.55. The Kier molecular flexibility index (Phi) is 8.60. The van der Waals surface area contributed by atoms with Crippen molar-refractivity contribution in [3.63, 3.8) is 0 Å². The van der Waals surface area contributed by atoms with Crippen LogP contribution in [0.2, 0.25) is 5.02 Å². The highest BCUT2D eigenvalue weighted by Gasteiger charge is 2.18. The summed E-state index contributed by atoms with van der Waals surface area (Å²) in [4.78, 5) is 26.8. The highest BCUT2D eigenvalue weighted by molar-refractivity contribution is 7.13. The molecule has 9 heteroatoms. The molecule has 0 aliphatic carbocycles. The molecule has 2 amide bonds. The molecule has 1 atom stereocenters. The maximum atomic E-state index is 12.3. The Hall–Kier alpha value is -2.03. The molecule has 1 aliphatic rings. The van der Waals surface area contributed by atoms with E-state index >= 15 is 0 Å². The third-order valence-electron chi connectivity index (χ3n) is 5.19. The quantitative estimate of drug-likeness (QED) is 0.576. The topological polar surface area (TPSA) is 87.2 Å². The molecule has 2 aromatic rings. The van der Waals surface area contributed by atoms with Crippen LogP contribution in [0, 0.1) is 0 Å². The van der Waals surface area contributed by atoms with E-state index in [4.69, 9.17) is 11.6 Å². The minimum Gasteiger partial charge on any atom is -0.356 e. The first-order valence-electron chi connectivity index (χ1n) is 10.4. The largest absolute Gasteiger partial charge is 0.356 e.